The van der Waals surface area contributed by atoms with E-state index in [0.29, 0.717) is 23.0 Å². The summed E-state index contributed by atoms with van der Waals surface area (Å²) in [4.78, 5) is 25.2. The van der Waals surface area contributed by atoms with Crippen LogP contribution < -0.4 is 9.47 Å². The van der Waals surface area contributed by atoms with Crippen molar-refractivity contribution >= 4 is 46.3 Å². The highest BCUT2D eigenvalue weighted by Gasteiger charge is 2.38. The van der Waals surface area contributed by atoms with Gasteiger partial charge in [-0.05, 0) is 37.1 Å². The predicted octanol–water partition coefficient (Wildman–Crippen LogP) is 4.33. The number of rotatable bonds is 10. The van der Waals surface area contributed by atoms with Gasteiger partial charge in [0, 0.05) is 0 Å². The lowest BCUT2D eigenvalue weighted by molar-refractivity contribution is -0.144. The zero-order valence-corrected chi connectivity index (χ0v) is 17.9. The summed E-state index contributed by atoms with van der Waals surface area (Å²) in [6, 6.07) is 4.42. The third-order valence-electron chi connectivity index (χ3n) is 4.31. The highest BCUT2D eigenvalue weighted by atomic mass is 32.2. The molecule has 0 radical (unpaired) electrons. The lowest BCUT2D eigenvalue weighted by Crippen LogP contribution is -2.41. The maximum Gasteiger partial charge on any atom is 0.326 e. The van der Waals surface area contributed by atoms with Crippen LogP contribution in [0.4, 0.5) is 0 Å². The topological polar surface area (TPSA) is 76.1 Å². The van der Waals surface area contributed by atoms with E-state index in [9.17, 15) is 9.59 Å². The minimum absolute atomic E-state index is 0.241. The normalized spacial score (nSPS) is 16.5. The van der Waals surface area contributed by atoms with Crippen molar-refractivity contribution in [3.8, 4) is 11.5 Å². The number of aliphatic carboxylic acids is 1. The second-order valence-electron chi connectivity index (χ2n) is 6.39. The van der Waals surface area contributed by atoms with Gasteiger partial charge in [0.25, 0.3) is 5.91 Å². The number of thiocarbonyl (C=S) groups is 1. The van der Waals surface area contributed by atoms with Crippen molar-refractivity contribution in [2.45, 2.75) is 45.6 Å². The highest BCUT2D eigenvalue weighted by molar-refractivity contribution is 8.26. The monoisotopic (exact) mass is 423 g/mol. The van der Waals surface area contributed by atoms with E-state index in [-0.39, 0.29) is 4.32 Å². The molecular formula is C20H25NO5S2. The van der Waals surface area contributed by atoms with Crippen LogP contribution in [-0.2, 0) is 9.59 Å². The molecule has 1 heterocycles. The Labute approximate surface area is 174 Å². The van der Waals surface area contributed by atoms with Crippen molar-refractivity contribution in [2.75, 3.05) is 13.7 Å². The van der Waals surface area contributed by atoms with Gasteiger partial charge >= 0.3 is 5.97 Å². The molecule has 6 nitrogen and oxygen atoms in total. The highest BCUT2D eigenvalue weighted by Crippen LogP contribution is 2.35. The smallest absolute Gasteiger partial charge is 0.326 e. The summed E-state index contributed by atoms with van der Waals surface area (Å²) in [5.74, 6) is -0.262. The molecule has 1 aromatic carbocycles. The number of amides is 1. The molecule has 8 heteroatoms. The lowest BCUT2D eigenvalue weighted by atomic mass is 10.1. The average molecular weight is 424 g/mol. The predicted molar refractivity (Wildman–Crippen MR) is 115 cm³/mol. The van der Waals surface area contributed by atoms with Gasteiger partial charge in [0.15, 0.2) is 11.5 Å². The number of methoxy groups -OCH3 is 1. The molecule has 152 valence electrons. The van der Waals surface area contributed by atoms with Crippen molar-refractivity contribution in [1.82, 2.24) is 4.90 Å². The SMILES string of the molecule is CCCCCCOc1ccc(/C=C2\SC(=S)N(C(C)C(=O)O)C2=O)cc1OC. The number of benzene rings is 1. The van der Waals surface area contributed by atoms with Crippen LogP contribution in [-0.4, -0.2) is 46.0 Å². The zero-order chi connectivity index (χ0) is 20.7. The first-order valence-corrected chi connectivity index (χ1v) is 10.4. The van der Waals surface area contributed by atoms with Crippen molar-refractivity contribution in [1.29, 1.82) is 0 Å². The van der Waals surface area contributed by atoms with E-state index >= 15 is 0 Å². The number of hydrogen-bond donors (Lipinski definition) is 1. The number of carboxylic acids is 1. The largest absolute Gasteiger partial charge is 0.493 e. The molecule has 1 aromatic rings. The quantitative estimate of drug-likeness (QED) is 0.341. The van der Waals surface area contributed by atoms with Gasteiger partial charge in [-0.2, -0.15) is 0 Å². The van der Waals surface area contributed by atoms with Gasteiger partial charge in [0.1, 0.15) is 10.4 Å². The number of carboxylic acid groups (broad SMARTS) is 1. The molecule has 1 atom stereocenters. The van der Waals surface area contributed by atoms with Crippen LogP contribution in [0, 0.1) is 0 Å². The molecule has 1 aliphatic heterocycles. The molecular weight excluding hydrogens is 398 g/mol. The first-order valence-electron chi connectivity index (χ1n) is 9.19. The molecule has 0 aliphatic carbocycles. The molecule has 0 aromatic heterocycles. The maximum absolute atomic E-state index is 12.5. The average Bonchev–Trinajstić information content (AvgIpc) is 2.94. The first kappa shape index (κ1) is 22.2. The van der Waals surface area contributed by atoms with E-state index in [0.717, 1.165) is 35.1 Å². The molecule has 0 saturated carbocycles. The van der Waals surface area contributed by atoms with E-state index in [1.165, 1.54) is 19.8 Å². The van der Waals surface area contributed by atoms with Crippen molar-refractivity contribution in [3.63, 3.8) is 0 Å². The second kappa shape index (κ2) is 10.5. The molecule has 0 bridgehead atoms. The summed E-state index contributed by atoms with van der Waals surface area (Å²) < 4.78 is 11.4. The van der Waals surface area contributed by atoms with Gasteiger partial charge in [-0.1, -0.05) is 56.2 Å². The Morgan fingerprint density at radius 1 is 1.32 bits per heavy atom. The van der Waals surface area contributed by atoms with Crippen LogP contribution in [0.1, 0.15) is 45.1 Å². The van der Waals surface area contributed by atoms with Gasteiger partial charge in [-0.15, -0.1) is 0 Å². The molecule has 2 rings (SSSR count). The zero-order valence-electron chi connectivity index (χ0n) is 16.3. The fraction of sp³-hybridized carbons (Fsp3) is 0.450. The van der Waals surface area contributed by atoms with Gasteiger partial charge < -0.3 is 14.6 Å². The Hall–Kier alpha value is -2.06. The Morgan fingerprint density at radius 3 is 2.71 bits per heavy atom. The van der Waals surface area contributed by atoms with Crippen LogP contribution in [0.5, 0.6) is 11.5 Å². The Kier molecular flexibility index (Phi) is 8.32. The van der Waals surface area contributed by atoms with E-state index < -0.39 is 17.9 Å². The molecule has 1 N–H and O–H groups in total. The molecule has 1 saturated heterocycles. The molecule has 1 unspecified atom stereocenters. The minimum Gasteiger partial charge on any atom is -0.493 e. The van der Waals surface area contributed by atoms with Gasteiger partial charge in [0.05, 0.1) is 18.6 Å². The van der Waals surface area contributed by atoms with Gasteiger partial charge in [-0.3, -0.25) is 9.69 Å². The Bertz CT molecular complexity index is 778. The number of hydrogen-bond acceptors (Lipinski definition) is 6. The first-order chi connectivity index (χ1) is 13.4. The number of nitrogens with zero attached hydrogens (tertiary/aromatic N) is 1. The fourth-order valence-corrected chi connectivity index (χ4v) is 4.10. The Balaban J connectivity index is 2.12. The third kappa shape index (κ3) is 5.48. The summed E-state index contributed by atoms with van der Waals surface area (Å²) in [6.07, 6.45) is 6.17. The molecule has 0 spiro atoms. The minimum atomic E-state index is -1.10. The lowest BCUT2D eigenvalue weighted by Gasteiger charge is -2.18. The summed E-state index contributed by atoms with van der Waals surface area (Å²) in [7, 11) is 1.57. The molecule has 1 fully saturated rings. The van der Waals surface area contributed by atoms with E-state index in [1.54, 1.807) is 19.3 Å². The maximum atomic E-state index is 12.5. The van der Waals surface area contributed by atoms with E-state index in [4.69, 9.17) is 26.8 Å². The van der Waals surface area contributed by atoms with Crippen LogP contribution >= 0.6 is 24.0 Å². The number of ether oxygens (including phenoxy) is 2. The number of unbranched alkanes of at least 4 members (excludes halogenated alkanes) is 3. The molecule has 28 heavy (non-hydrogen) atoms. The second-order valence-corrected chi connectivity index (χ2v) is 8.06. The standard InChI is InChI=1S/C20H25NO5S2/c1-4-5-6-7-10-26-15-9-8-14(11-16(15)25-3)12-17-18(22)21(20(27)28-17)13(2)19(23)24/h8-9,11-13H,4-7,10H2,1-3H3,(H,23,24)/b17-12-. The van der Waals surface area contributed by atoms with E-state index in [2.05, 4.69) is 6.92 Å². The van der Waals surface area contributed by atoms with Gasteiger partial charge in [0.2, 0.25) is 0 Å². The van der Waals surface area contributed by atoms with Crippen LogP contribution in [0.25, 0.3) is 6.08 Å². The fourth-order valence-electron chi connectivity index (χ4n) is 2.68. The Morgan fingerprint density at radius 2 is 2.07 bits per heavy atom. The third-order valence-corrected chi connectivity index (χ3v) is 5.64. The van der Waals surface area contributed by atoms with Gasteiger partial charge in [-0.25, -0.2) is 4.79 Å². The van der Waals surface area contributed by atoms with E-state index in [1.807, 2.05) is 12.1 Å². The molecule has 1 amide bonds. The van der Waals surface area contributed by atoms with Crippen LogP contribution in [0.3, 0.4) is 0 Å². The summed E-state index contributed by atoms with van der Waals surface area (Å²) >= 11 is 6.27. The number of carbonyl (C=O) groups is 2. The summed E-state index contributed by atoms with van der Waals surface area (Å²) in [6.45, 7) is 4.23. The molecule has 1 aliphatic rings. The number of carbonyl (C=O) groups excluding carboxylic acids is 1. The number of thioether (sulfide) groups is 1. The van der Waals surface area contributed by atoms with Crippen molar-refractivity contribution < 1.29 is 24.2 Å². The summed E-state index contributed by atoms with van der Waals surface area (Å²) in [5, 5.41) is 9.16. The van der Waals surface area contributed by atoms with Crippen LogP contribution in [0.2, 0.25) is 0 Å². The van der Waals surface area contributed by atoms with Crippen molar-refractivity contribution in [3.05, 3.63) is 28.7 Å². The van der Waals surface area contributed by atoms with Crippen LogP contribution in [0.15, 0.2) is 23.1 Å². The summed E-state index contributed by atoms with van der Waals surface area (Å²) in [5.41, 5.74) is 0.749. The van der Waals surface area contributed by atoms with Crippen molar-refractivity contribution in [2.24, 2.45) is 0 Å².